The van der Waals surface area contributed by atoms with Crippen molar-refractivity contribution in [3.05, 3.63) is 42.0 Å². The van der Waals surface area contributed by atoms with E-state index in [2.05, 4.69) is 26.3 Å². The molecule has 1 aliphatic rings. The Kier molecular flexibility index (Phi) is 7.42. The molecule has 0 spiro atoms. The highest BCUT2D eigenvalue weighted by Gasteiger charge is 2.21. The molecule has 2 aromatic carbocycles. The van der Waals surface area contributed by atoms with Gasteiger partial charge in [0.1, 0.15) is 12.6 Å². The molecular weight excluding hydrogens is 422 g/mol. The SMILES string of the molecule is COc1cc2c(cc1OC)C(Nc1ccc(NC(=O)CC(=O)NCC(C)(C)C)cc1)N=CN2. The molecule has 2 aromatic rings. The number of nitrogens with zero attached hydrogens (tertiary/aromatic N) is 1. The minimum absolute atomic E-state index is 0.0366. The van der Waals surface area contributed by atoms with Gasteiger partial charge in [-0.2, -0.15) is 0 Å². The van der Waals surface area contributed by atoms with E-state index in [4.69, 9.17) is 9.47 Å². The Bertz CT molecular complexity index is 1030. The minimum atomic E-state index is -0.361. The molecule has 2 amide bonds. The zero-order valence-corrected chi connectivity index (χ0v) is 19.6. The summed E-state index contributed by atoms with van der Waals surface area (Å²) < 4.78 is 10.8. The van der Waals surface area contributed by atoms with Crippen LogP contribution in [0.5, 0.6) is 11.5 Å². The van der Waals surface area contributed by atoms with Crippen LogP contribution in [0, 0.1) is 5.41 Å². The number of carbonyl (C=O) groups is 2. The van der Waals surface area contributed by atoms with Crippen molar-refractivity contribution < 1.29 is 19.1 Å². The van der Waals surface area contributed by atoms with Crippen LogP contribution < -0.4 is 30.7 Å². The van der Waals surface area contributed by atoms with Crippen molar-refractivity contribution in [2.24, 2.45) is 10.4 Å². The molecule has 0 saturated carbocycles. The van der Waals surface area contributed by atoms with Gasteiger partial charge in [0.2, 0.25) is 11.8 Å². The first kappa shape index (κ1) is 23.9. The van der Waals surface area contributed by atoms with Crippen LogP contribution in [0.3, 0.4) is 0 Å². The topological polar surface area (TPSA) is 113 Å². The van der Waals surface area contributed by atoms with Crippen molar-refractivity contribution >= 4 is 35.2 Å². The van der Waals surface area contributed by atoms with Gasteiger partial charge >= 0.3 is 0 Å². The smallest absolute Gasteiger partial charge is 0.233 e. The van der Waals surface area contributed by atoms with Gasteiger partial charge in [-0.05, 0) is 35.7 Å². The molecule has 1 unspecified atom stereocenters. The van der Waals surface area contributed by atoms with Gasteiger partial charge in [-0.25, -0.2) is 4.99 Å². The number of anilines is 3. The zero-order valence-electron chi connectivity index (χ0n) is 19.6. The molecule has 9 heteroatoms. The highest BCUT2D eigenvalue weighted by Crippen LogP contribution is 2.38. The van der Waals surface area contributed by atoms with E-state index in [1.807, 2.05) is 45.0 Å². The lowest BCUT2D eigenvalue weighted by atomic mass is 9.97. The first-order chi connectivity index (χ1) is 15.7. The average Bonchev–Trinajstić information content (AvgIpc) is 2.77. The van der Waals surface area contributed by atoms with Crippen LogP contribution >= 0.6 is 0 Å². The predicted molar refractivity (Wildman–Crippen MR) is 130 cm³/mol. The molecular formula is C24H31N5O4. The summed E-state index contributed by atoms with van der Waals surface area (Å²) in [5.41, 5.74) is 3.17. The third-order valence-corrected chi connectivity index (χ3v) is 4.90. The quantitative estimate of drug-likeness (QED) is 0.453. The average molecular weight is 454 g/mol. The summed E-state index contributed by atoms with van der Waals surface area (Å²) in [5.74, 6) is 0.590. The largest absolute Gasteiger partial charge is 0.493 e. The maximum absolute atomic E-state index is 12.2. The minimum Gasteiger partial charge on any atom is -0.493 e. The van der Waals surface area contributed by atoms with Crippen LogP contribution in [0.25, 0.3) is 0 Å². The van der Waals surface area contributed by atoms with E-state index in [1.165, 1.54) is 0 Å². The lowest BCUT2D eigenvalue weighted by Gasteiger charge is -2.24. The number of benzene rings is 2. The van der Waals surface area contributed by atoms with Crippen LogP contribution in [-0.2, 0) is 9.59 Å². The van der Waals surface area contributed by atoms with E-state index < -0.39 is 0 Å². The Labute approximate surface area is 194 Å². The number of methoxy groups -OCH3 is 2. The summed E-state index contributed by atoms with van der Waals surface area (Å²) in [7, 11) is 3.18. The van der Waals surface area contributed by atoms with Crippen LogP contribution in [0.15, 0.2) is 41.4 Å². The summed E-state index contributed by atoms with van der Waals surface area (Å²) >= 11 is 0. The fourth-order valence-electron chi connectivity index (χ4n) is 3.21. The second-order valence-electron chi connectivity index (χ2n) is 8.90. The summed E-state index contributed by atoms with van der Waals surface area (Å²) in [5, 5.41) is 12.0. The Morgan fingerprint density at radius 1 is 1.00 bits per heavy atom. The molecule has 1 aliphatic heterocycles. The highest BCUT2D eigenvalue weighted by molar-refractivity contribution is 6.03. The Morgan fingerprint density at radius 2 is 1.64 bits per heavy atom. The molecule has 4 N–H and O–H groups in total. The highest BCUT2D eigenvalue weighted by atomic mass is 16.5. The second-order valence-corrected chi connectivity index (χ2v) is 8.90. The standard InChI is InChI=1S/C24H31N5O4/c1-24(2,3)13-25-21(30)12-22(31)28-15-6-8-16(9-7-15)29-23-17-10-19(32-4)20(33-5)11-18(17)26-14-27-23/h6-11,14,23,29H,12-13H2,1-5H3,(H,25,30)(H,26,27)(H,28,31). The predicted octanol–water partition coefficient (Wildman–Crippen LogP) is 3.76. The van der Waals surface area contributed by atoms with Crippen molar-refractivity contribution in [2.45, 2.75) is 33.4 Å². The van der Waals surface area contributed by atoms with Gasteiger partial charge in [-0.1, -0.05) is 20.8 Å². The number of carbonyl (C=O) groups excluding carboxylic acids is 2. The Morgan fingerprint density at radius 3 is 2.27 bits per heavy atom. The van der Waals surface area contributed by atoms with Gasteiger partial charge in [0.15, 0.2) is 11.5 Å². The van der Waals surface area contributed by atoms with Crippen LogP contribution in [0.1, 0.15) is 38.9 Å². The summed E-state index contributed by atoms with van der Waals surface area (Å²) in [6.07, 6.45) is 1.08. The van der Waals surface area contributed by atoms with E-state index in [0.717, 1.165) is 16.9 Å². The maximum Gasteiger partial charge on any atom is 0.233 e. The number of nitrogens with one attached hydrogen (secondary N) is 4. The molecule has 9 nitrogen and oxygen atoms in total. The van der Waals surface area contributed by atoms with Crippen molar-refractivity contribution in [3.8, 4) is 11.5 Å². The number of amides is 2. The van der Waals surface area contributed by atoms with Crippen LogP contribution in [-0.4, -0.2) is 38.9 Å². The van der Waals surface area contributed by atoms with Gasteiger partial charge in [-0.15, -0.1) is 0 Å². The fraction of sp³-hybridized carbons (Fsp3) is 0.375. The Balaban J connectivity index is 1.60. The van der Waals surface area contributed by atoms with Crippen LogP contribution in [0.4, 0.5) is 17.1 Å². The number of rotatable bonds is 8. The van der Waals surface area contributed by atoms with E-state index in [9.17, 15) is 9.59 Å². The monoisotopic (exact) mass is 453 g/mol. The molecule has 0 aromatic heterocycles. The van der Waals surface area contributed by atoms with Crippen molar-refractivity contribution in [2.75, 3.05) is 36.7 Å². The van der Waals surface area contributed by atoms with E-state index in [1.54, 1.807) is 32.7 Å². The number of hydrogen-bond donors (Lipinski definition) is 4. The van der Waals surface area contributed by atoms with Gasteiger partial charge in [0.05, 0.1) is 26.2 Å². The van der Waals surface area contributed by atoms with Gasteiger partial charge in [-0.3, -0.25) is 9.59 Å². The van der Waals surface area contributed by atoms with Gasteiger partial charge in [0, 0.05) is 29.5 Å². The molecule has 3 rings (SSSR count). The molecule has 0 fully saturated rings. The lowest BCUT2D eigenvalue weighted by Crippen LogP contribution is -2.34. The van der Waals surface area contributed by atoms with Crippen molar-refractivity contribution in [3.63, 3.8) is 0 Å². The Hall–Kier alpha value is -3.75. The van der Waals surface area contributed by atoms with Gasteiger partial charge in [0.25, 0.3) is 0 Å². The normalized spacial score (nSPS) is 14.5. The zero-order chi connectivity index (χ0) is 24.0. The number of aliphatic imine (C=N–C) groups is 1. The van der Waals surface area contributed by atoms with Crippen molar-refractivity contribution in [1.29, 1.82) is 0 Å². The summed E-state index contributed by atoms with van der Waals surface area (Å²) in [4.78, 5) is 28.6. The molecule has 33 heavy (non-hydrogen) atoms. The first-order valence-electron chi connectivity index (χ1n) is 10.7. The number of fused-ring (bicyclic) bond motifs is 1. The van der Waals surface area contributed by atoms with E-state index >= 15 is 0 Å². The third kappa shape index (κ3) is 6.61. The lowest BCUT2D eigenvalue weighted by molar-refractivity contribution is -0.127. The van der Waals surface area contributed by atoms with Gasteiger partial charge < -0.3 is 30.7 Å². The summed E-state index contributed by atoms with van der Waals surface area (Å²) in [6, 6.07) is 11.0. The first-order valence-corrected chi connectivity index (χ1v) is 10.7. The van der Waals surface area contributed by atoms with E-state index in [-0.39, 0.29) is 29.8 Å². The van der Waals surface area contributed by atoms with E-state index in [0.29, 0.717) is 23.7 Å². The fourth-order valence-corrected chi connectivity index (χ4v) is 3.21. The summed E-state index contributed by atoms with van der Waals surface area (Å²) in [6.45, 7) is 6.57. The third-order valence-electron chi connectivity index (χ3n) is 4.90. The molecule has 0 saturated heterocycles. The number of hydrogen-bond acceptors (Lipinski definition) is 7. The molecule has 1 heterocycles. The van der Waals surface area contributed by atoms with Crippen LogP contribution in [0.2, 0.25) is 0 Å². The molecule has 176 valence electrons. The molecule has 0 aliphatic carbocycles. The number of ether oxygens (including phenoxy) is 2. The second kappa shape index (κ2) is 10.2. The maximum atomic E-state index is 12.2. The molecule has 1 atom stereocenters. The molecule has 0 radical (unpaired) electrons. The van der Waals surface area contributed by atoms with Crippen molar-refractivity contribution in [1.82, 2.24) is 5.32 Å². The molecule has 0 bridgehead atoms.